The summed E-state index contributed by atoms with van der Waals surface area (Å²) in [6.45, 7) is 1.31. The number of ketones is 1. The predicted octanol–water partition coefficient (Wildman–Crippen LogP) is 1.17. The zero-order valence-corrected chi connectivity index (χ0v) is 10.8. The number of nitrogens with one attached hydrogen (secondary N) is 1. The smallest absolute Gasteiger partial charge is 0.220 e. The zero-order valence-electron chi connectivity index (χ0n) is 10.8. The van der Waals surface area contributed by atoms with Crippen LogP contribution in [0.1, 0.15) is 23.2 Å². The molecule has 1 heterocycles. The fraction of sp³-hybridized carbons (Fsp3) is 0.429. The topological polar surface area (TPSA) is 67.9 Å². The van der Waals surface area contributed by atoms with E-state index in [1.54, 1.807) is 31.3 Å². The molecule has 0 spiro atoms. The molecule has 1 aromatic carbocycles. The summed E-state index contributed by atoms with van der Waals surface area (Å²) >= 11 is 0. The summed E-state index contributed by atoms with van der Waals surface area (Å²) in [6.07, 6.45) is 0.649. The molecule has 102 valence electrons. The van der Waals surface area contributed by atoms with E-state index in [-0.39, 0.29) is 30.6 Å². The van der Waals surface area contributed by atoms with E-state index in [1.807, 2.05) is 0 Å². The second-order valence-corrected chi connectivity index (χ2v) is 4.39. The molecule has 1 aliphatic heterocycles. The Morgan fingerprint density at radius 3 is 2.58 bits per heavy atom. The molecule has 0 radical (unpaired) electrons. The SMILES string of the molecule is CNC(=O)CCC(=O)c1ccc(OCC2CO2)cc1. The van der Waals surface area contributed by atoms with Crippen LogP contribution in [0.4, 0.5) is 0 Å². The number of hydrogen-bond acceptors (Lipinski definition) is 4. The molecule has 5 nitrogen and oxygen atoms in total. The molecule has 0 saturated carbocycles. The molecule has 1 fully saturated rings. The second-order valence-electron chi connectivity index (χ2n) is 4.39. The van der Waals surface area contributed by atoms with E-state index in [4.69, 9.17) is 9.47 Å². The quantitative estimate of drug-likeness (QED) is 0.592. The summed E-state index contributed by atoms with van der Waals surface area (Å²) in [5, 5.41) is 2.49. The van der Waals surface area contributed by atoms with Crippen LogP contribution in [-0.4, -0.2) is 38.1 Å². The van der Waals surface area contributed by atoms with Gasteiger partial charge in [-0.3, -0.25) is 9.59 Å². The monoisotopic (exact) mass is 263 g/mol. The third-order valence-corrected chi connectivity index (χ3v) is 2.87. The number of ether oxygens (including phenoxy) is 2. The molecular weight excluding hydrogens is 246 g/mol. The van der Waals surface area contributed by atoms with Gasteiger partial charge >= 0.3 is 0 Å². The molecule has 1 N–H and O–H groups in total. The third-order valence-electron chi connectivity index (χ3n) is 2.87. The van der Waals surface area contributed by atoms with E-state index in [2.05, 4.69) is 5.32 Å². The Hall–Kier alpha value is -1.88. The Morgan fingerprint density at radius 2 is 2.00 bits per heavy atom. The van der Waals surface area contributed by atoms with Crippen LogP contribution in [0.15, 0.2) is 24.3 Å². The summed E-state index contributed by atoms with van der Waals surface area (Å²) < 4.78 is 10.5. The van der Waals surface area contributed by atoms with Crippen LogP contribution in [0.25, 0.3) is 0 Å². The van der Waals surface area contributed by atoms with Gasteiger partial charge in [0.1, 0.15) is 18.5 Å². The van der Waals surface area contributed by atoms with Gasteiger partial charge < -0.3 is 14.8 Å². The summed E-state index contributed by atoms with van der Waals surface area (Å²) in [4.78, 5) is 22.9. The normalized spacial score (nSPS) is 16.8. The molecule has 2 rings (SSSR count). The highest BCUT2D eigenvalue weighted by atomic mass is 16.6. The van der Waals surface area contributed by atoms with Crippen molar-refractivity contribution in [3.05, 3.63) is 29.8 Å². The van der Waals surface area contributed by atoms with Gasteiger partial charge in [0.15, 0.2) is 5.78 Å². The number of Topliss-reactive ketones (excluding diaryl/α,β-unsaturated/α-hetero) is 1. The van der Waals surface area contributed by atoms with Gasteiger partial charge in [-0.2, -0.15) is 0 Å². The number of carbonyl (C=O) groups excluding carboxylic acids is 2. The minimum absolute atomic E-state index is 0.0410. The van der Waals surface area contributed by atoms with Crippen LogP contribution in [0.2, 0.25) is 0 Å². The number of hydrogen-bond donors (Lipinski definition) is 1. The Kier molecular flexibility index (Phi) is 4.52. The van der Waals surface area contributed by atoms with Crippen LogP contribution in [-0.2, 0) is 9.53 Å². The molecule has 1 amide bonds. The van der Waals surface area contributed by atoms with Gasteiger partial charge in [0.05, 0.1) is 6.61 Å². The van der Waals surface area contributed by atoms with Gasteiger partial charge in [-0.1, -0.05) is 0 Å². The lowest BCUT2D eigenvalue weighted by atomic mass is 10.1. The van der Waals surface area contributed by atoms with E-state index >= 15 is 0 Å². The fourth-order valence-electron chi connectivity index (χ4n) is 1.59. The fourth-order valence-corrected chi connectivity index (χ4v) is 1.59. The zero-order chi connectivity index (χ0) is 13.7. The van der Waals surface area contributed by atoms with E-state index in [9.17, 15) is 9.59 Å². The van der Waals surface area contributed by atoms with Crippen molar-refractivity contribution in [1.29, 1.82) is 0 Å². The van der Waals surface area contributed by atoms with Crippen molar-refractivity contribution in [3.8, 4) is 5.75 Å². The van der Waals surface area contributed by atoms with Crippen molar-refractivity contribution < 1.29 is 19.1 Å². The Balaban J connectivity index is 1.82. The first-order valence-electron chi connectivity index (χ1n) is 6.27. The van der Waals surface area contributed by atoms with Crippen molar-refractivity contribution >= 4 is 11.7 Å². The van der Waals surface area contributed by atoms with Crippen molar-refractivity contribution in [2.45, 2.75) is 18.9 Å². The number of carbonyl (C=O) groups is 2. The number of benzene rings is 1. The molecule has 1 unspecified atom stereocenters. The summed E-state index contributed by atoms with van der Waals surface area (Å²) in [5.41, 5.74) is 0.596. The lowest BCUT2D eigenvalue weighted by Crippen LogP contribution is -2.18. The Morgan fingerprint density at radius 1 is 1.32 bits per heavy atom. The minimum atomic E-state index is -0.127. The largest absolute Gasteiger partial charge is 0.491 e. The molecule has 1 atom stereocenters. The van der Waals surface area contributed by atoms with Crippen LogP contribution < -0.4 is 10.1 Å². The Bertz CT molecular complexity index is 451. The molecule has 1 aromatic rings. The van der Waals surface area contributed by atoms with Crippen LogP contribution >= 0.6 is 0 Å². The molecule has 1 aliphatic rings. The number of rotatable bonds is 7. The lowest BCUT2D eigenvalue weighted by molar-refractivity contribution is -0.120. The first kappa shape index (κ1) is 13.5. The van der Waals surface area contributed by atoms with Crippen LogP contribution in [0.3, 0.4) is 0 Å². The second kappa shape index (κ2) is 6.33. The van der Waals surface area contributed by atoms with E-state index in [0.29, 0.717) is 12.2 Å². The van der Waals surface area contributed by atoms with Gasteiger partial charge in [-0.05, 0) is 24.3 Å². The van der Waals surface area contributed by atoms with Crippen molar-refractivity contribution in [2.24, 2.45) is 0 Å². The van der Waals surface area contributed by atoms with Gasteiger partial charge in [-0.15, -0.1) is 0 Å². The lowest BCUT2D eigenvalue weighted by Gasteiger charge is -2.05. The average Bonchev–Trinajstić information content (AvgIpc) is 3.27. The van der Waals surface area contributed by atoms with Gasteiger partial charge in [0.2, 0.25) is 5.91 Å². The van der Waals surface area contributed by atoms with E-state index in [1.165, 1.54) is 0 Å². The molecule has 0 bridgehead atoms. The molecule has 5 heteroatoms. The molecule has 1 saturated heterocycles. The highest BCUT2D eigenvalue weighted by molar-refractivity contribution is 5.98. The Labute approximate surface area is 111 Å². The summed E-state index contributed by atoms with van der Waals surface area (Å²) in [7, 11) is 1.56. The highest BCUT2D eigenvalue weighted by Gasteiger charge is 2.23. The van der Waals surface area contributed by atoms with Crippen LogP contribution in [0, 0.1) is 0 Å². The van der Waals surface area contributed by atoms with Crippen molar-refractivity contribution in [3.63, 3.8) is 0 Å². The summed E-state index contributed by atoms with van der Waals surface area (Å²) in [6, 6.07) is 6.95. The molecule has 19 heavy (non-hydrogen) atoms. The van der Waals surface area contributed by atoms with Gasteiger partial charge in [0, 0.05) is 25.5 Å². The first-order chi connectivity index (χ1) is 9.19. The number of epoxide rings is 1. The molecule has 0 aromatic heterocycles. The first-order valence-corrected chi connectivity index (χ1v) is 6.27. The third kappa shape index (κ3) is 4.37. The highest BCUT2D eigenvalue weighted by Crippen LogP contribution is 2.16. The van der Waals surface area contributed by atoms with Crippen LogP contribution in [0.5, 0.6) is 5.75 Å². The van der Waals surface area contributed by atoms with Crippen molar-refractivity contribution in [1.82, 2.24) is 5.32 Å². The van der Waals surface area contributed by atoms with E-state index < -0.39 is 0 Å². The maximum atomic E-state index is 11.8. The maximum Gasteiger partial charge on any atom is 0.220 e. The van der Waals surface area contributed by atoms with E-state index in [0.717, 1.165) is 12.4 Å². The summed E-state index contributed by atoms with van der Waals surface area (Å²) in [5.74, 6) is 0.553. The molecule has 0 aliphatic carbocycles. The van der Waals surface area contributed by atoms with Gasteiger partial charge in [-0.25, -0.2) is 0 Å². The molecular formula is C14H17NO4. The predicted molar refractivity (Wildman–Crippen MR) is 69.3 cm³/mol. The van der Waals surface area contributed by atoms with Crippen molar-refractivity contribution in [2.75, 3.05) is 20.3 Å². The minimum Gasteiger partial charge on any atom is -0.491 e. The standard InChI is InChI=1S/C14H17NO4/c1-15-14(17)7-6-13(16)10-2-4-11(5-3-10)18-8-12-9-19-12/h2-5,12H,6-9H2,1H3,(H,15,17). The van der Waals surface area contributed by atoms with Gasteiger partial charge in [0.25, 0.3) is 0 Å². The number of amides is 1. The maximum absolute atomic E-state index is 11.8. The average molecular weight is 263 g/mol.